The number of thiophene rings is 1. The summed E-state index contributed by atoms with van der Waals surface area (Å²) in [7, 11) is -3.66. The zero-order chi connectivity index (χ0) is 14.0. The minimum atomic E-state index is -3.66. The highest BCUT2D eigenvalue weighted by atomic mass is 32.3. The zero-order valence-electron chi connectivity index (χ0n) is 9.57. The van der Waals surface area contributed by atoms with E-state index in [-0.39, 0.29) is 4.21 Å². The predicted octanol–water partition coefficient (Wildman–Crippen LogP) is 1.65. The molecule has 1 amide bonds. The maximum atomic E-state index is 11.2. The Morgan fingerprint density at radius 3 is 2.53 bits per heavy atom. The lowest BCUT2D eigenvalue weighted by molar-refractivity contribution is 0.1000. The fourth-order valence-electron chi connectivity index (χ4n) is 1.34. The maximum absolute atomic E-state index is 11.2. The normalized spacial score (nSPS) is 11.4. The van der Waals surface area contributed by atoms with Crippen LogP contribution in [0.4, 0.5) is 0 Å². The number of sulfonamides is 1. The van der Waals surface area contributed by atoms with Crippen LogP contribution in [0.2, 0.25) is 0 Å². The van der Waals surface area contributed by atoms with E-state index < -0.39 is 15.9 Å². The first-order chi connectivity index (χ1) is 8.86. The van der Waals surface area contributed by atoms with Crippen LogP contribution >= 0.6 is 23.1 Å². The number of carbonyl (C=O) groups excluding carboxylic acids is 1. The quantitative estimate of drug-likeness (QED) is 0.895. The van der Waals surface area contributed by atoms with Crippen molar-refractivity contribution in [3.8, 4) is 0 Å². The Labute approximate surface area is 118 Å². The van der Waals surface area contributed by atoms with Crippen LogP contribution in [0.3, 0.4) is 0 Å². The van der Waals surface area contributed by atoms with Crippen LogP contribution in [0.5, 0.6) is 0 Å². The molecule has 0 atom stereocenters. The Hall–Kier alpha value is -1.35. The van der Waals surface area contributed by atoms with Gasteiger partial charge in [-0.15, -0.1) is 11.3 Å². The van der Waals surface area contributed by atoms with E-state index in [0.717, 1.165) is 20.4 Å². The smallest absolute Gasteiger partial charge is 0.248 e. The van der Waals surface area contributed by atoms with E-state index in [4.69, 9.17) is 10.9 Å². The van der Waals surface area contributed by atoms with E-state index in [1.54, 1.807) is 24.3 Å². The van der Waals surface area contributed by atoms with Gasteiger partial charge in [0.1, 0.15) is 4.21 Å². The Kier molecular flexibility index (Phi) is 3.95. The van der Waals surface area contributed by atoms with Crippen molar-refractivity contribution in [2.24, 2.45) is 10.9 Å². The molecule has 0 saturated heterocycles. The van der Waals surface area contributed by atoms with E-state index in [1.165, 1.54) is 17.8 Å². The van der Waals surface area contributed by atoms with Crippen LogP contribution in [-0.4, -0.2) is 14.3 Å². The first-order valence-corrected chi connectivity index (χ1v) is 8.24. The topological polar surface area (TPSA) is 103 Å². The molecule has 0 aliphatic carbocycles. The minimum absolute atomic E-state index is 0.112. The number of amides is 1. The van der Waals surface area contributed by atoms with Crippen molar-refractivity contribution in [1.82, 2.24) is 0 Å². The summed E-state index contributed by atoms with van der Waals surface area (Å²) in [4.78, 5) is 11.9. The van der Waals surface area contributed by atoms with Gasteiger partial charge in [0.2, 0.25) is 15.9 Å². The van der Waals surface area contributed by atoms with Gasteiger partial charge in [-0.3, -0.25) is 4.79 Å². The molecule has 5 nitrogen and oxygen atoms in total. The lowest BCUT2D eigenvalue weighted by atomic mass is 10.2. The van der Waals surface area contributed by atoms with Crippen molar-refractivity contribution < 1.29 is 13.2 Å². The fourth-order valence-corrected chi connectivity index (χ4v) is 4.39. The number of hydrogen-bond donors (Lipinski definition) is 2. The molecule has 0 radical (unpaired) electrons. The molecule has 0 fully saturated rings. The van der Waals surface area contributed by atoms with E-state index in [9.17, 15) is 13.2 Å². The summed E-state index contributed by atoms with van der Waals surface area (Å²) in [6, 6.07) is 9.94. The molecule has 8 heteroatoms. The molecule has 19 heavy (non-hydrogen) atoms. The molecule has 0 spiro atoms. The van der Waals surface area contributed by atoms with Crippen LogP contribution in [0.25, 0.3) is 0 Å². The summed E-state index contributed by atoms with van der Waals surface area (Å²) in [5, 5.41) is 5.04. The Morgan fingerprint density at radius 1 is 1.21 bits per heavy atom. The number of hydrogen-bond acceptors (Lipinski definition) is 5. The summed E-state index contributed by atoms with van der Waals surface area (Å²) in [5.74, 6) is -0.501. The highest BCUT2D eigenvalue weighted by Gasteiger charge is 2.12. The minimum Gasteiger partial charge on any atom is -0.366 e. The van der Waals surface area contributed by atoms with Gasteiger partial charge in [0.15, 0.2) is 0 Å². The second-order valence-electron chi connectivity index (χ2n) is 3.61. The molecule has 100 valence electrons. The SMILES string of the molecule is NC(=O)c1cccc(Sc2ccc(S(N)(=O)=O)s2)c1. The van der Waals surface area contributed by atoms with Gasteiger partial charge in [-0.2, -0.15) is 0 Å². The third-order valence-corrected chi connectivity index (χ3v) is 5.82. The van der Waals surface area contributed by atoms with E-state index in [1.807, 2.05) is 6.07 Å². The Balaban J connectivity index is 2.24. The zero-order valence-corrected chi connectivity index (χ0v) is 12.0. The number of primary sulfonamides is 1. The van der Waals surface area contributed by atoms with Gasteiger partial charge in [0.25, 0.3) is 0 Å². The molecule has 0 saturated carbocycles. The molecule has 0 unspecified atom stereocenters. The molecular formula is C11H10N2O3S3. The molecule has 2 aromatic rings. The van der Waals surface area contributed by atoms with Crippen molar-refractivity contribution in [3.63, 3.8) is 0 Å². The van der Waals surface area contributed by atoms with E-state index in [0.29, 0.717) is 5.56 Å². The van der Waals surface area contributed by atoms with Gasteiger partial charge in [-0.05, 0) is 30.3 Å². The molecule has 2 rings (SSSR count). The van der Waals surface area contributed by atoms with Crippen LogP contribution in [0.15, 0.2) is 49.7 Å². The Bertz CT molecular complexity index is 722. The third kappa shape index (κ3) is 3.57. The highest BCUT2D eigenvalue weighted by Crippen LogP contribution is 2.34. The second kappa shape index (κ2) is 5.33. The molecule has 0 aliphatic rings. The largest absolute Gasteiger partial charge is 0.366 e. The monoisotopic (exact) mass is 314 g/mol. The van der Waals surface area contributed by atoms with Crippen molar-refractivity contribution in [2.45, 2.75) is 13.3 Å². The summed E-state index contributed by atoms with van der Waals surface area (Å²) in [6.45, 7) is 0. The van der Waals surface area contributed by atoms with Crippen LogP contribution in [-0.2, 0) is 10.0 Å². The molecule has 4 N–H and O–H groups in total. The van der Waals surface area contributed by atoms with Gasteiger partial charge in [0.05, 0.1) is 4.21 Å². The van der Waals surface area contributed by atoms with E-state index in [2.05, 4.69) is 0 Å². The highest BCUT2D eigenvalue weighted by molar-refractivity contribution is 8.01. The number of benzene rings is 1. The van der Waals surface area contributed by atoms with Crippen molar-refractivity contribution in [2.75, 3.05) is 0 Å². The van der Waals surface area contributed by atoms with Gasteiger partial charge >= 0.3 is 0 Å². The van der Waals surface area contributed by atoms with Crippen LogP contribution in [0, 0.1) is 0 Å². The fraction of sp³-hybridized carbons (Fsp3) is 0. The number of primary amides is 1. The van der Waals surface area contributed by atoms with Gasteiger partial charge in [-0.1, -0.05) is 17.8 Å². The molecule has 0 aliphatic heterocycles. The van der Waals surface area contributed by atoms with Crippen molar-refractivity contribution in [3.05, 3.63) is 42.0 Å². The standard InChI is InChI=1S/C11H10N2O3S3/c12-11(14)7-2-1-3-8(6-7)17-9-4-5-10(18-9)19(13,15)16/h1-6H,(H2,12,14)(H2,13,15,16). The van der Waals surface area contributed by atoms with Crippen LogP contribution in [0.1, 0.15) is 10.4 Å². The lowest BCUT2D eigenvalue weighted by Gasteiger charge is -2.00. The summed E-state index contributed by atoms with van der Waals surface area (Å²) >= 11 is 2.43. The second-order valence-corrected chi connectivity index (χ2v) is 7.86. The number of carbonyl (C=O) groups is 1. The molecular weight excluding hydrogens is 304 g/mol. The predicted molar refractivity (Wildman–Crippen MR) is 74.8 cm³/mol. The number of nitrogens with two attached hydrogens (primary N) is 2. The third-order valence-electron chi connectivity index (χ3n) is 2.17. The van der Waals surface area contributed by atoms with Crippen molar-refractivity contribution in [1.29, 1.82) is 0 Å². The molecule has 1 heterocycles. The van der Waals surface area contributed by atoms with Gasteiger partial charge in [0, 0.05) is 10.5 Å². The molecule has 0 bridgehead atoms. The first kappa shape index (κ1) is 14.1. The Morgan fingerprint density at radius 2 is 1.95 bits per heavy atom. The number of rotatable bonds is 4. The maximum Gasteiger partial charge on any atom is 0.248 e. The molecule has 1 aromatic heterocycles. The summed E-state index contributed by atoms with van der Waals surface area (Å²) in [6.07, 6.45) is 0. The van der Waals surface area contributed by atoms with Crippen molar-refractivity contribution >= 4 is 39.0 Å². The van der Waals surface area contributed by atoms with Crippen LogP contribution < -0.4 is 10.9 Å². The lowest BCUT2D eigenvalue weighted by Crippen LogP contribution is -2.10. The summed E-state index contributed by atoms with van der Waals surface area (Å²) < 4.78 is 23.2. The average Bonchev–Trinajstić information content (AvgIpc) is 2.77. The average molecular weight is 314 g/mol. The molecule has 1 aromatic carbocycles. The van der Waals surface area contributed by atoms with E-state index >= 15 is 0 Å². The summed E-state index contributed by atoms with van der Waals surface area (Å²) in [5.41, 5.74) is 5.61. The first-order valence-electron chi connectivity index (χ1n) is 5.06. The van der Waals surface area contributed by atoms with Gasteiger partial charge < -0.3 is 5.73 Å². The van der Waals surface area contributed by atoms with Gasteiger partial charge in [-0.25, -0.2) is 13.6 Å².